The molecule has 0 aliphatic heterocycles. The molecule has 1 unspecified atom stereocenters. The number of hydrogen-bond donors (Lipinski definition) is 1. The van der Waals surface area contributed by atoms with Gasteiger partial charge < -0.3 is 5.32 Å². The molecule has 0 saturated carbocycles. The standard InChI is InChI=1S/C14H19F2N/c1-4-17-14(6-5-10(2)3)11-7-12(15)9-13(16)8-11/h7-9,14,17H,2,4-6H2,1,3H3. The van der Waals surface area contributed by atoms with E-state index in [1.165, 1.54) is 12.1 Å². The maximum atomic E-state index is 13.1. The first-order valence-corrected chi connectivity index (χ1v) is 5.86. The fourth-order valence-electron chi connectivity index (χ4n) is 1.80. The average Bonchev–Trinajstić information content (AvgIpc) is 2.22. The maximum Gasteiger partial charge on any atom is 0.126 e. The zero-order valence-corrected chi connectivity index (χ0v) is 10.4. The lowest BCUT2D eigenvalue weighted by Gasteiger charge is -2.18. The summed E-state index contributed by atoms with van der Waals surface area (Å²) in [7, 11) is 0. The molecule has 0 radical (unpaired) electrons. The third-order valence-corrected chi connectivity index (χ3v) is 2.60. The van der Waals surface area contributed by atoms with Gasteiger partial charge in [0.2, 0.25) is 0 Å². The third kappa shape index (κ3) is 4.65. The molecule has 1 rings (SSSR count). The van der Waals surface area contributed by atoms with E-state index in [0.29, 0.717) is 5.56 Å². The van der Waals surface area contributed by atoms with E-state index in [-0.39, 0.29) is 6.04 Å². The number of allylic oxidation sites excluding steroid dienone is 1. The predicted octanol–water partition coefficient (Wildman–Crippen LogP) is 3.97. The SMILES string of the molecule is C=C(C)CCC(NCC)c1cc(F)cc(F)c1. The van der Waals surface area contributed by atoms with Crippen molar-refractivity contribution in [3.8, 4) is 0 Å². The maximum absolute atomic E-state index is 13.1. The Kier molecular flexibility index (Phi) is 5.29. The molecule has 1 aromatic carbocycles. The molecular formula is C14H19F2N. The normalized spacial score (nSPS) is 12.5. The van der Waals surface area contributed by atoms with Crippen LogP contribution in [0.2, 0.25) is 0 Å². The van der Waals surface area contributed by atoms with Gasteiger partial charge in [-0.15, -0.1) is 6.58 Å². The molecule has 0 amide bonds. The van der Waals surface area contributed by atoms with Crippen molar-refractivity contribution in [2.24, 2.45) is 0 Å². The second-order valence-corrected chi connectivity index (χ2v) is 4.31. The van der Waals surface area contributed by atoms with Crippen molar-refractivity contribution in [2.75, 3.05) is 6.54 Å². The van der Waals surface area contributed by atoms with E-state index in [4.69, 9.17) is 0 Å². The van der Waals surface area contributed by atoms with Crippen LogP contribution in [-0.2, 0) is 0 Å². The van der Waals surface area contributed by atoms with Crippen LogP contribution in [0.1, 0.15) is 38.3 Å². The third-order valence-electron chi connectivity index (χ3n) is 2.60. The van der Waals surface area contributed by atoms with Gasteiger partial charge in [-0.2, -0.15) is 0 Å². The molecule has 0 spiro atoms. The summed E-state index contributed by atoms with van der Waals surface area (Å²) >= 11 is 0. The van der Waals surface area contributed by atoms with Crippen molar-refractivity contribution in [2.45, 2.75) is 32.7 Å². The van der Waals surface area contributed by atoms with Crippen LogP contribution in [0.25, 0.3) is 0 Å². The van der Waals surface area contributed by atoms with Crippen LogP contribution in [0.5, 0.6) is 0 Å². The lowest BCUT2D eigenvalue weighted by atomic mass is 9.99. The zero-order chi connectivity index (χ0) is 12.8. The van der Waals surface area contributed by atoms with E-state index in [0.717, 1.165) is 31.0 Å². The Hall–Kier alpha value is -1.22. The second-order valence-electron chi connectivity index (χ2n) is 4.31. The van der Waals surface area contributed by atoms with E-state index in [9.17, 15) is 8.78 Å². The van der Waals surface area contributed by atoms with Gasteiger partial charge in [0.25, 0.3) is 0 Å². The molecule has 0 aromatic heterocycles. The van der Waals surface area contributed by atoms with Gasteiger partial charge in [-0.3, -0.25) is 0 Å². The molecule has 94 valence electrons. The molecule has 1 atom stereocenters. The van der Waals surface area contributed by atoms with Gasteiger partial charge in [0.15, 0.2) is 0 Å². The largest absolute Gasteiger partial charge is 0.310 e. The molecule has 0 aliphatic rings. The fraction of sp³-hybridized carbons (Fsp3) is 0.429. The minimum Gasteiger partial charge on any atom is -0.310 e. The van der Waals surface area contributed by atoms with E-state index in [1.54, 1.807) is 0 Å². The Morgan fingerprint density at radius 2 is 1.88 bits per heavy atom. The van der Waals surface area contributed by atoms with E-state index >= 15 is 0 Å². The van der Waals surface area contributed by atoms with Crippen molar-refractivity contribution < 1.29 is 8.78 Å². The Morgan fingerprint density at radius 1 is 1.29 bits per heavy atom. The Balaban J connectivity index is 2.84. The number of nitrogens with one attached hydrogen (secondary N) is 1. The molecule has 1 aromatic rings. The van der Waals surface area contributed by atoms with Crippen LogP contribution >= 0.6 is 0 Å². The van der Waals surface area contributed by atoms with Gasteiger partial charge in [0.1, 0.15) is 11.6 Å². The fourth-order valence-corrected chi connectivity index (χ4v) is 1.80. The minimum absolute atomic E-state index is 0.0260. The molecule has 0 heterocycles. The number of benzene rings is 1. The van der Waals surface area contributed by atoms with Crippen LogP contribution in [-0.4, -0.2) is 6.54 Å². The first-order valence-electron chi connectivity index (χ1n) is 5.86. The summed E-state index contributed by atoms with van der Waals surface area (Å²) in [5, 5.41) is 3.23. The first kappa shape index (κ1) is 13.8. The summed E-state index contributed by atoms with van der Waals surface area (Å²) in [6.45, 7) is 8.53. The molecule has 0 fully saturated rings. The molecule has 0 saturated heterocycles. The second kappa shape index (κ2) is 6.50. The highest BCUT2D eigenvalue weighted by molar-refractivity contribution is 5.21. The molecular weight excluding hydrogens is 220 g/mol. The van der Waals surface area contributed by atoms with Crippen molar-refractivity contribution in [3.05, 3.63) is 47.5 Å². The monoisotopic (exact) mass is 239 g/mol. The number of halogens is 2. The molecule has 17 heavy (non-hydrogen) atoms. The molecule has 0 aliphatic carbocycles. The minimum atomic E-state index is -0.529. The highest BCUT2D eigenvalue weighted by atomic mass is 19.1. The van der Waals surface area contributed by atoms with Crippen LogP contribution in [0.15, 0.2) is 30.4 Å². The van der Waals surface area contributed by atoms with Gasteiger partial charge in [0.05, 0.1) is 0 Å². The van der Waals surface area contributed by atoms with Crippen LogP contribution in [0.3, 0.4) is 0 Å². The highest BCUT2D eigenvalue weighted by Gasteiger charge is 2.12. The smallest absolute Gasteiger partial charge is 0.126 e. The molecule has 0 bridgehead atoms. The molecule has 3 heteroatoms. The highest BCUT2D eigenvalue weighted by Crippen LogP contribution is 2.22. The number of rotatable bonds is 6. The van der Waals surface area contributed by atoms with Crippen LogP contribution < -0.4 is 5.32 Å². The summed E-state index contributed by atoms with van der Waals surface area (Å²) in [6, 6.07) is 3.64. The summed E-state index contributed by atoms with van der Waals surface area (Å²) in [5.41, 5.74) is 1.73. The summed E-state index contributed by atoms with van der Waals surface area (Å²) in [6.07, 6.45) is 1.64. The van der Waals surface area contributed by atoms with Gasteiger partial charge >= 0.3 is 0 Å². The van der Waals surface area contributed by atoms with Crippen molar-refractivity contribution in [3.63, 3.8) is 0 Å². The van der Waals surface area contributed by atoms with E-state index in [1.807, 2.05) is 13.8 Å². The Labute approximate surface area is 102 Å². The topological polar surface area (TPSA) is 12.0 Å². The van der Waals surface area contributed by atoms with Gasteiger partial charge in [-0.05, 0) is 44.0 Å². The first-order chi connectivity index (χ1) is 8.02. The van der Waals surface area contributed by atoms with Crippen LogP contribution in [0, 0.1) is 11.6 Å². The molecule has 1 N–H and O–H groups in total. The number of hydrogen-bond acceptors (Lipinski definition) is 1. The van der Waals surface area contributed by atoms with Crippen molar-refractivity contribution in [1.29, 1.82) is 0 Å². The summed E-state index contributed by atoms with van der Waals surface area (Å²) in [4.78, 5) is 0. The average molecular weight is 239 g/mol. The Morgan fingerprint density at radius 3 is 2.35 bits per heavy atom. The summed E-state index contributed by atoms with van der Waals surface area (Å²) in [5.74, 6) is -1.06. The van der Waals surface area contributed by atoms with Crippen molar-refractivity contribution in [1.82, 2.24) is 5.32 Å². The lowest BCUT2D eigenvalue weighted by Crippen LogP contribution is -2.21. The summed E-state index contributed by atoms with van der Waals surface area (Å²) < 4.78 is 26.3. The van der Waals surface area contributed by atoms with Gasteiger partial charge in [0, 0.05) is 12.1 Å². The molecule has 1 nitrogen and oxygen atoms in total. The zero-order valence-electron chi connectivity index (χ0n) is 10.4. The Bertz CT molecular complexity index is 368. The van der Waals surface area contributed by atoms with Gasteiger partial charge in [-0.25, -0.2) is 8.78 Å². The predicted molar refractivity (Wildman–Crippen MR) is 66.8 cm³/mol. The van der Waals surface area contributed by atoms with Crippen molar-refractivity contribution >= 4 is 0 Å². The lowest BCUT2D eigenvalue weighted by molar-refractivity contribution is 0.502. The quantitative estimate of drug-likeness (QED) is 0.741. The van der Waals surface area contributed by atoms with Crippen LogP contribution in [0.4, 0.5) is 8.78 Å². The van der Waals surface area contributed by atoms with Gasteiger partial charge in [-0.1, -0.05) is 12.5 Å². The van der Waals surface area contributed by atoms with E-state index < -0.39 is 11.6 Å². The van der Waals surface area contributed by atoms with E-state index in [2.05, 4.69) is 11.9 Å².